The summed E-state index contributed by atoms with van der Waals surface area (Å²) in [6, 6.07) is 4.76. The molecule has 1 aromatic carbocycles. The van der Waals surface area contributed by atoms with E-state index in [-0.39, 0.29) is 37.0 Å². The third-order valence-corrected chi connectivity index (χ3v) is 5.13. The molecule has 1 aliphatic carbocycles. The largest absolute Gasteiger partial charge is 0.493 e. The lowest BCUT2D eigenvalue weighted by atomic mass is 9.86. The number of rotatable bonds is 6. The molecule has 3 rings (SSSR count). The van der Waals surface area contributed by atoms with Crippen molar-refractivity contribution in [1.82, 2.24) is 10.2 Å². The molecular formula is C19H28ClFN2O3. The van der Waals surface area contributed by atoms with Gasteiger partial charge in [-0.2, -0.15) is 0 Å². The van der Waals surface area contributed by atoms with Crippen LogP contribution >= 0.6 is 12.4 Å². The molecule has 2 fully saturated rings. The molecule has 146 valence electrons. The Bertz CT molecular complexity index is 598. The molecule has 1 saturated carbocycles. The van der Waals surface area contributed by atoms with Crippen molar-refractivity contribution in [3.05, 3.63) is 29.6 Å². The number of piperazine rings is 1. The Hall–Kier alpha value is -1.53. The van der Waals surface area contributed by atoms with Crippen molar-refractivity contribution in [3.8, 4) is 5.75 Å². The molecule has 0 radical (unpaired) electrons. The third kappa shape index (κ3) is 5.24. The average Bonchev–Trinajstić information content (AvgIpc) is 2.60. The number of carbonyl (C=O) groups excluding carboxylic acids is 1. The number of hydrogen-bond donors (Lipinski definition) is 1. The second-order valence-corrected chi connectivity index (χ2v) is 6.88. The zero-order valence-corrected chi connectivity index (χ0v) is 16.0. The van der Waals surface area contributed by atoms with Gasteiger partial charge in [0.15, 0.2) is 0 Å². The van der Waals surface area contributed by atoms with Crippen LogP contribution in [0.25, 0.3) is 0 Å². The van der Waals surface area contributed by atoms with Crippen LogP contribution in [0.3, 0.4) is 0 Å². The van der Waals surface area contributed by atoms with Gasteiger partial charge in [-0.3, -0.25) is 0 Å². The van der Waals surface area contributed by atoms with Crippen LogP contribution < -0.4 is 10.1 Å². The second kappa shape index (κ2) is 9.97. The summed E-state index contributed by atoms with van der Waals surface area (Å²) in [6.45, 7) is 4.77. The quantitative estimate of drug-likeness (QED) is 0.809. The number of carbonyl (C=O) groups is 1. The van der Waals surface area contributed by atoms with E-state index in [1.165, 1.54) is 25.3 Å². The zero-order valence-electron chi connectivity index (χ0n) is 15.2. The number of hydrogen-bond acceptors (Lipinski definition) is 4. The molecule has 1 atom stereocenters. The van der Waals surface area contributed by atoms with Gasteiger partial charge in [0, 0.05) is 31.2 Å². The summed E-state index contributed by atoms with van der Waals surface area (Å²) in [5.41, 5.74) is 0.350. The molecule has 5 nitrogen and oxygen atoms in total. The highest BCUT2D eigenvalue weighted by Gasteiger charge is 2.26. The van der Waals surface area contributed by atoms with Crippen molar-refractivity contribution < 1.29 is 18.7 Å². The fourth-order valence-corrected chi connectivity index (χ4v) is 3.21. The average molecular weight is 387 g/mol. The fourth-order valence-electron chi connectivity index (χ4n) is 3.21. The first-order valence-corrected chi connectivity index (χ1v) is 9.22. The summed E-state index contributed by atoms with van der Waals surface area (Å²) < 4.78 is 25.1. The number of halogens is 2. The van der Waals surface area contributed by atoms with Gasteiger partial charge < -0.3 is 19.7 Å². The summed E-state index contributed by atoms with van der Waals surface area (Å²) in [4.78, 5) is 14.0. The standard InChI is InChI=1S/C19H27FN2O3.ClH/c1-2-16-11-21-8-9-22(16)19(23)25-13-15-10-17(6-7-18(15)20)24-12-14-4-3-5-14;/h6-7,10,14,16,21H,2-5,8-9,11-13H2,1H3;1H. The van der Waals surface area contributed by atoms with Gasteiger partial charge in [0.1, 0.15) is 18.2 Å². The van der Waals surface area contributed by atoms with Crippen LogP contribution in [0.15, 0.2) is 18.2 Å². The first-order chi connectivity index (χ1) is 12.2. The van der Waals surface area contributed by atoms with Gasteiger partial charge in [-0.15, -0.1) is 12.4 Å². The van der Waals surface area contributed by atoms with E-state index < -0.39 is 0 Å². The topological polar surface area (TPSA) is 50.8 Å². The molecule has 1 N–H and O–H groups in total. The minimum absolute atomic E-state index is 0. The smallest absolute Gasteiger partial charge is 0.410 e. The Morgan fingerprint density at radius 3 is 2.88 bits per heavy atom. The van der Waals surface area contributed by atoms with Gasteiger partial charge in [0.2, 0.25) is 0 Å². The van der Waals surface area contributed by atoms with Gasteiger partial charge in [-0.05, 0) is 43.4 Å². The van der Waals surface area contributed by atoms with Crippen LogP contribution in [-0.2, 0) is 11.3 Å². The Morgan fingerprint density at radius 2 is 2.19 bits per heavy atom. The maximum Gasteiger partial charge on any atom is 0.410 e. The maximum atomic E-state index is 14.0. The van der Waals surface area contributed by atoms with Crippen molar-refractivity contribution in [2.45, 2.75) is 45.3 Å². The Balaban J connectivity index is 0.00000243. The van der Waals surface area contributed by atoms with Crippen molar-refractivity contribution >= 4 is 18.5 Å². The van der Waals surface area contributed by atoms with E-state index in [0.717, 1.165) is 19.5 Å². The molecule has 1 aromatic rings. The van der Waals surface area contributed by atoms with E-state index >= 15 is 0 Å². The normalized spacial score (nSPS) is 20.1. The predicted molar refractivity (Wildman–Crippen MR) is 100 cm³/mol. The number of nitrogens with one attached hydrogen (secondary N) is 1. The van der Waals surface area contributed by atoms with Gasteiger partial charge >= 0.3 is 6.09 Å². The lowest BCUT2D eigenvalue weighted by molar-refractivity contribution is 0.0705. The molecule has 2 aliphatic rings. The second-order valence-electron chi connectivity index (χ2n) is 6.88. The van der Waals surface area contributed by atoms with Crippen LogP contribution in [0.4, 0.5) is 9.18 Å². The number of benzene rings is 1. The Kier molecular flexibility index (Phi) is 7.97. The summed E-state index contributed by atoms with van der Waals surface area (Å²) in [5.74, 6) is 0.870. The summed E-state index contributed by atoms with van der Waals surface area (Å²) >= 11 is 0. The summed E-state index contributed by atoms with van der Waals surface area (Å²) in [7, 11) is 0. The lowest BCUT2D eigenvalue weighted by Gasteiger charge is -2.34. The van der Waals surface area contributed by atoms with Gasteiger partial charge in [0.05, 0.1) is 6.61 Å². The van der Waals surface area contributed by atoms with E-state index in [9.17, 15) is 9.18 Å². The van der Waals surface area contributed by atoms with Crippen molar-refractivity contribution in [3.63, 3.8) is 0 Å². The highest BCUT2D eigenvalue weighted by atomic mass is 35.5. The first-order valence-electron chi connectivity index (χ1n) is 9.22. The first kappa shape index (κ1) is 20.8. The molecule has 1 saturated heterocycles. The van der Waals surface area contributed by atoms with Crippen LogP contribution in [-0.4, -0.2) is 43.3 Å². The number of amides is 1. The van der Waals surface area contributed by atoms with Crippen molar-refractivity contribution in [1.29, 1.82) is 0 Å². The zero-order chi connectivity index (χ0) is 17.6. The highest BCUT2D eigenvalue weighted by Crippen LogP contribution is 2.27. The minimum atomic E-state index is -0.381. The Labute approximate surface area is 160 Å². The van der Waals surface area contributed by atoms with Crippen molar-refractivity contribution in [2.24, 2.45) is 5.92 Å². The van der Waals surface area contributed by atoms with Gasteiger partial charge in [-0.25, -0.2) is 9.18 Å². The minimum Gasteiger partial charge on any atom is -0.493 e. The molecule has 1 aliphatic heterocycles. The van der Waals surface area contributed by atoms with Crippen LogP contribution in [0, 0.1) is 11.7 Å². The SMILES string of the molecule is CCC1CNCCN1C(=O)OCc1cc(OCC2CCC2)ccc1F.Cl. The lowest BCUT2D eigenvalue weighted by Crippen LogP contribution is -2.53. The van der Waals surface area contributed by atoms with Crippen molar-refractivity contribution in [2.75, 3.05) is 26.2 Å². The van der Waals surface area contributed by atoms with Gasteiger partial charge in [-0.1, -0.05) is 13.3 Å². The molecule has 0 spiro atoms. The van der Waals surface area contributed by atoms with E-state index in [2.05, 4.69) is 5.32 Å². The van der Waals surface area contributed by atoms with Crippen LogP contribution in [0.5, 0.6) is 5.75 Å². The number of nitrogens with zero attached hydrogens (tertiary/aromatic N) is 1. The van der Waals surface area contributed by atoms with E-state index in [1.807, 2.05) is 6.92 Å². The van der Waals surface area contributed by atoms with Crippen LogP contribution in [0.2, 0.25) is 0 Å². The molecule has 0 bridgehead atoms. The molecule has 1 heterocycles. The monoisotopic (exact) mass is 386 g/mol. The van der Waals surface area contributed by atoms with Crippen LogP contribution in [0.1, 0.15) is 38.2 Å². The fraction of sp³-hybridized carbons (Fsp3) is 0.632. The molecule has 1 amide bonds. The molecule has 0 aromatic heterocycles. The molecule has 26 heavy (non-hydrogen) atoms. The highest BCUT2D eigenvalue weighted by molar-refractivity contribution is 5.85. The van der Waals surface area contributed by atoms with E-state index in [0.29, 0.717) is 30.4 Å². The predicted octanol–water partition coefficient (Wildman–Crippen LogP) is 3.75. The summed E-state index contributed by atoms with van der Waals surface area (Å²) in [5, 5.41) is 3.27. The Morgan fingerprint density at radius 1 is 1.38 bits per heavy atom. The van der Waals surface area contributed by atoms with E-state index in [1.54, 1.807) is 17.0 Å². The molecule has 1 unspecified atom stereocenters. The van der Waals surface area contributed by atoms with E-state index in [4.69, 9.17) is 9.47 Å². The van der Waals surface area contributed by atoms with Gasteiger partial charge in [0.25, 0.3) is 0 Å². The maximum absolute atomic E-state index is 14.0. The molecular weight excluding hydrogens is 359 g/mol. The third-order valence-electron chi connectivity index (χ3n) is 5.13. The number of ether oxygens (including phenoxy) is 2. The summed E-state index contributed by atoms with van der Waals surface area (Å²) in [6.07, 6.45) is 4.16. The molecule has 7 heteroatoms.